The number of nitrogens with zero attached hydrogens (tertiary/aromatic N) is 2. The van der Waals surface area contributed by atoms with Gasteiger partial charge in [-0.1, -0.05) is 0 Å². The molecule has 11 nitrogen and oxygen atoms in total. The average molecular weight is 440 g/mol. The molecule has 2 unspecified atom stereocenters. The molecule has 3 fully saturated rings. The van der Waals surface area contributed by atoms with Crippen molar-refractivity contribution in [2.75, 3.05) is 33.3 Å². The molecule has 2 aliphatic heterocycles. The first-order valence-electron chi connectivity index (χ1n) is 10.8. The fourth-order valence-electron chi connectivity index (χ4n) is 4.75. The van der Waals surface area contributed by atoms with Gasteiger partial charge in [0, 0.05) is 26.6 Å². The van der Waals surface area contributed by atoms with Crippen molar-refractivity contribution in [2.24, 2.45) is 23.6 Å². The van der Waals surface area contributed by atoms with E-state index in [0.717, 1.165) is 39.5 Å². The highest BCUT2D eigenvalue weighted by Crippen LogP contribution is 2.41. The van der Waals surface area contributed by atoms with Gasteiger partial charge in [0.05, 0.1) is 5.92 Å². The van der Waals surface area contributed by atoms with E-state index in [0.29, 0.717) is 36.7 Å². The summed E-state index contributed by atoms with van der Waals surface area (Å²) < 4.78 is 5.03. The third-order valence-corrected chi connectivity index (χ3v) is 6.79. The number of piperidine rings is 2. The smallest absolute Gasteiger partial charge is 0.359 e. The second-order valence-corrected chi connectivity index (χ2v) is 8.65. The van der Waals surface area contributed by atoms with Crippen molar-refractivity contribution in [3.05, 3.63) is 0 Å². The number of aliphatic hydroxyl groups excluding tert-OH is 1. The number of ketones is 1. The average Bonchev–Trinajstić information content (AvgIpc) is 3.38. The molecule has 5 N–H and O–H groups in total. The molecular formula is C20H32N4O7. The number of nitrogens with two attached hydrogens (primary N) is 1. The van der Waals surface area contributed by atoms with Crippen molar-refractivity contribution < 1.29 is 34.1 Å². The molecule has 31 heavy (non-hydrogen) atoms. The number of carboxylic acid groups (broad SMARTS) is 1. The fraction of sp³-hybridized carbons (Fsp3) is 0.800. The topological polar surface area (TPSA) is 162 Å². The lowest BCUT2D eigenvalue weighted by atomic mass is 9.92. The zero-order valence-electron chi connectivity index (χ0n) is 17.8. The normalized spacial score (nSPS) is 28.7. The number of aliphatic hydroxyl groups is 1. The molecule has 2 heterocycles. The van der Waals surface area contributed by atoms with E-state index in [-0.39, 0.29) is 12.5 Å². The van der Waals surface area contributed by atoms with Gasteiger partial charge >= 0.3 is 5.97 Å². The summed E-state index contributed by atoms with van der Waals surface area (Å²) >= 11 is 0. The predicted molar refractivity (Wildman–Crippen MR) is 107 cm³/mol. The molecule has 0 aromatic carbocycles. The Bertz CT molecular complexity index is 726. The Balaban J connectivity index is 1.63. The Morgan fingerprint density at radius 2 is 1.94 bits per heavy atom. The summed E-state index contributed by atoms with van der Waals surface area (Å²) in [7, 11) is 1.02. The minimum absolute atomic E-state index is 0.0244. The number of rotatable bonds is 8. The van der Waals surface area contributed by atoms with Crippen molar-refractivity contribution >= 4 is 23.6 Å². The molecule has 3 aliphatic rings. The van der Waals surface area contributed by atoms with Crippen LogP contribution in [0.2, 0.25) is 0 Å². The number of hydrazine groups is 1. The Kier molecular flexibility index (Phi) is 7.30. The molecule has 4 atom stereocenters. The largest absolute Gasteiger partial charge is 0.478 e. The van der Waals surface area contributed by atoms with E-state index in [9.17, 15) is 29.4 Å². The van der Waals surface area contributed by atoms with Crippen molar-refractivity contribution in [1.82, 2.24) is 15.2 Å². The minimum atomic E-state index is -2.48. The van der Waals surface area contributed by atoms with Crippen LogP contribution in [-0.4, -0.2) is 88.8 Å². The maximum Gasteiger partial charge on any atom is 0.359 e. The monoisotopic (exact) mass is 440 g/mol. The van der Waals surface area contributed by atoms with Gasteiger partial charge in [-0.25, -0.2) is 15.6 Å². The number of aliphatic carboxylic acids is 1. The summed E-state index contributed by atoms with van der Waals surface area (Å²) in [5.41, 5.74) is -2.48. The number of hydrogen-bond donors (Lipinski definition) is 4. The van der Waals surface area contributed by atoms with Crippen molar-refractivity contribution in [1.29, 1.82) is 0 Å². The summed E-state index contributed by atoms with van der Waals surface area (Å²) in [6.07, 6.45) is 2.80. The lowest BCUT2D eigenvalue weighted by Crippen LogP contribution is -2.66. The van der Waals surface area contributed by atoms with Crippen molar-refractivity contribution in [3.8, 4) is 0 Å². The molecule has 0 aromatic rings. The third-order valence-electron chi connectivity index (χ3n) is 6.79. The third kappa shape index (κ3) is 4.59. The quantitative estimate of drug-likeness (QED) is 0.155. The SMILES string of the molecule is CO[C@](C(=O)O)(C1C(=O)C1O)N(N)C(=O)[C@@H]1CCCN(C(=O)CCC2CCNCC2)C1. The summed E-state index contributed by atoms with van der Waals surface area (Å²) in [5, 5.41) is 23.1. The van der Waals surface area contributed by atoms with E-state index in [1.807, 2.05) is 0 Å². The highest BCUT2D eigenvalue weighted by atomic mass is 16.5. The zero-order chi connectivity index (χ0) is 22.8. The maximum atomic E-state index is 13.0. The predicted octanol–water partition coefficient (Wildman–Crippen LogP) is -1.31. The number of nitrogens with one attached hydrogen (secondary N) is 1. The Morgan fingerprint density at radius 1 is 1.29 bits per heavy atom. The summed E-state index contributed by atoms with van der Waals surface area (Å²) in [4.78, 5) is 51.0. The fourth-order valence-corrected chi connectivity index (χ4v) is 4.75. The number of Topliss-reactive ketones (excluding diaryl/α,β-unsaturated/α-hetero) is 1. The second kappa shape index (κ2) is 9.60. The summed E-state index contributed by atoms with van der Waals surface area (Å²) in [6, 6.07) is 0. The first kappa shape index (κ1) is 23.6. The van der Waals surface area contributed by atoms with Crippen LogP contribution >= 0.6 is 0 Å². The minimum Gasteiger partial charge on any atom is -0.478 e. The molecular weight excluding hydrogens is 408 g/mol. The molecule has 1 saturated carbocycles. The number of carboxylic acids is 1. The van der Waals surface area contributed by atoms with Crippen LogP contribution in [0.1, 0.15) is 38.5 Å². The van der Waals surface area contributed by atoms with Crippen LogP contribution in [0.3, 0.4) is 0 Å². The van der Waals surface area contributed by atoms with E-state index in [4.69, 9.17) is 10.6 Å². The second-order valence-electron chi connectivity index (χ2n) is 8.65. The lowest BCUT2D eigenvalue weighted by Gasteiger charge is -2.39. The number of hydrogen-bond acceptors (Lipinski definition) is 8. The van der Waals surface area contributed by atoms with Gasteiger partial charge in [0.2, 0.25) is 11.8 Å². The molecule has 2 amide bonds. The van der Waals surface area contributed by atoms with E-state index >= 15 is 0 Å². The van der Waals surface area contributed by atoms with Gasteiger partial charge in [-0.15, -0.1) is 0 Å². The molecule has 11 heteroatoms. The number of ether oxygens (including phenoxy) is 1. The number of methoxy groups -OCH3 is 1. The van der Waals surface area contributed by atoms with E-state index in [2.05, 4.69) is 5.32 Å². The number of amides is 2. The molecule has 174 valence electrons. The van der Waals surface area contributed by atoms with Crippen LogP contribution in [-0.2, 0) is 23.9 Å². The van der Waals surface area contributed by atoms with Gasteiger partial charge in [-0.05, 0) is 51.1 Å². The van der Waals surface area contributed by atoms with E-state index in [1.54, 1.807) is 4.90 Å². The van der Waals surface area contributed by atoms with Crippen molar-refractivity contribution in [2.45, 2.75) is 50.4 Å². The van der Waals surface area contributed by atoms with Crippen LogP contribution in [0.25, 0.3) is 0 Å². The number of carbonyl (C=O) groups excluding carboxylic acids is 3. The van der Waals surface area contributed by atoms with Gasteiger partial charge in [0.1, 0.15) is 12.0 Å². The van der Waals surface area contributed by atoms with Gasteiger partial charge in [0.25, 0.3) is 5.72 Å². The summed E-state index contributed by atoms with van der Waals surface area (Å²) in [6.45, 7) is 2.61. The van der Waals surface area contributed by atoms with Gasteiger partial charge in [-0.2, -0.15) is 0 Å². The van der Waals surface area contributed by atoms with Crippen LogP contribution in [0, 0.1) is 17.8 Å². The van der Waals surface area contributed by atoms with Crippen molar-refractivity contribution in [3.63, 3.8) is 0 Å². The van der Waals surface area contributed by atoms with Crippen LogP contribution in [0.4, 0.5) is 0 Å². The van der Waals surface area contributed by atoms with Gasteiger partial charge in [-0.3, -0.25) is 14.4 Å². The Labute approximate surface area is 180 Å². The molecule has 2 saturated heterocycles. The van der Waals surface area contributed by atoms with Crippen LogP contribution < -0.4 is 11.2 Å². The Hall–Kier alpha value is -2.08. The molecule has 3 rings (SSSR count). The van der Waals surface area contributed by atoms with Crippen LogP contribution in [0.15, 0.2) is 0 Å². The zero-order valence-corrected chi connectivity index (χ0v) is 17.8. The van der Waals surface area contributed by atoms with Gasteiger partial charge in [0.15, 0.2) is 5.78 Å². The Morgan fingerprint density at radius 3 is 2.48 bits per heavy atom. The first-order valence-corrected chi connectivity index (χ1v) is 10.8. The highest BCUT2D eigenvalue weighted by molar-refractivity contribution is 6.07. The standard InChI is InChI=1S/C20H32N4O7/c1-31-20(19(29)30,15-16(26)17(15)27)24(21)18(28)13-3-2-10-23(11-13)14(25)5-4-12-6-8-22-9-7-12/h12-13,15-16,22,26H,2-11,21H2,1H3,(H,29,30)/t13-,15?,16?,20+/m1/s1. The summed E-state index contributed by atoms with van der Waals surface area (Å²) in [5.74, 6) is 1.12. The van der Waals surface area contributed by atoms with E-state index < -0.39 is 41.3 Å². The molecule has 0 radical (unpaired) electrons. The number of carbonyl (C=O) groups is 4. The molecule has 0 bridgehead atoms. The number of likely N-dealkylation sites (tertiary alicyclic amines) is 1. The highest BCUT2D eigenvalue weighted by Gasteiger charge is 2.69. The first-order chi connectivity index (χ1) is 14.7. The van der Waals surface area contributed by atoms with Gasteiger partial charge < -0.3 is 25.2 Å². The van der Waals surface area contributed by atoms with E-state index in [1.165, 1.54) is 0 Å². The lowest BCUT2D eigenvalue weighted by molar-refractivity contribution is -0.206. The van der Waals surface area contributed by atoms with Crippen LogP contribution in [0.5, 0.6) is 0 Å². The molecule has 0 spiro atoms. The molecule has 1 aliphatic carbocycles. The molecule has 0 aromatic heterocycles. The maximum absolute atomic E-state index is 13.0.